The highest BCUT2D eigenvalue weighted by atomic mass is 16.6. The number of benzene rings is 2. The van der Waals surface area contributed by atoms with E-state index >= 15 is 0 Å². The van der Waals surface area contributed by atoms with Gasteiger partial charge in [0.15, 0.2) is 5.60 Å². The number of anilines is 1. The molecule has 0 radical (unpaired) electrons. The average molecular weight is 536 g/mol. The van der Waals surface area contributed by atoms with Gasteiger partial charge in [-0.05, 0) is 68.0 Å². The number of rotatable bonds is 6. The van der Waals surface area contributed by atoms with Crippen molar-refractivity contribution < 1.29 is 23.9 Å². The van der Waals surface area contributed by atoms with Crippen LogP contribution in [0.5, 0.6) is 11.8 Å². The number of nitrogens with zero attached hydrogens (tertiary/aromatic N) is 5. The van der Waals surface area contributed by atoms with Crippen molar-refractivity contribution in [2.24, 2.45) is 0 Å². The summed E-state index contributed by atoms with van der Waals surface area (Å²) in [5.74, 6) is 0.482. The number of ether oxygens (including phenoxy) is 3. The number of hydrogen-bond acceptors (Lipinski definition) is 8. The first-order valence-electron chi connectivity index (χ1n) is 12.9. The summed E-state index contributed by atoms with van der Waals surface area (Å²) in [7, 11) is 0. The van der Waals surface area contributed by atoms with Crippen molar-refractivity contribution in [1.29, 1.82) is 0 Å². The number of carbonyl (C=O) groups is 1. The summed E-state index contributed by atoms with van der Waals surface area (Å²) >= 11 is 0. The number of hydrogen-bond donors (Lipinski definition) is 0. The topological polar surface area (TPSA) is 112 Å². The van der Waals surface area contributed by atoms with Gasteiger partial charge in [0.05, 0.1) is 6.54 Å². The first-order chi connectivity index (χ1) is 18.5. The minimum absolute atomic E-state index is 0.225. The van der Waals surface area contributed by atoms with Gasteiger partial charge in [0.1, 0.15) is 24.2 Å². The minimum Gasteiger partial charge on any atom is -0.489 e. The summed E-state index contributed by atoms with van der Waals surface area (Å²) in [6.07, 6.45) is 1.12. The molecule has 1 amide bonds. The molecular formula is C28H33N5O6. The quantitative estimate of drug-likeness (QED) is 0.329. The lowest BCUT2D eigenvalue weighted by atomic mass is 10.0. The third kappa shape index (κ3) is 6.08. The van der Waals surface area contributed by atoms with Crippen molar-refractivity contribution in [3.8, 4) is 22.9 Å². The highest BCUT2D eigenvalue weighted by Crippen LogP contribution is 2.32. The smallest absolute Gasteiger partial charge is 0.415 e. The van der Waals surface area contributed by atoms with Gasteiger partial charge in [-0.25, -0.2) is 4.79 Å². The number of imidazole rings is 1. The molecule has 0 unspecified atom stereocenters. The summed E-state index contributed by atoms with van der Waals surface area (Å²) in [4.78, 5) is 30.6. The van der Waals surface area contributed by atoms with Crippen LogP contribution in [-0.2, 0) is 11.3 Å². The van der Waals surface area contributed by atoms with Crippen molar-refractivity contribution >= 4 is 17.6 Å². The van der Waals surface area contributed by atoms with E-state index in [1.807, 2.05) is 52.0 Å². The second kappa shape index (κ2) is 10.1. The third-order valence-electron chi connectivity index (χ3n) is 6.65. The van der Waals surface area contributed by atoms with Gasteiger partial charge in [-0.15, -0.1) is 0 Å². The molecule has 2 aliphatic heterocycles. The lowest BCUT2D eigenvalue weighted by Crippen LogP contribution is -2.50. The number of carbonyl (C=O) groups excluding carboxylic acids is 1. The average Bonchev–Trinajstić information content (AvgIpc) is 3.43. The van der Waals surface area contributed by atoms with Crippen LogP contribution in [0.4, 0.5) is 16.3 Å². The van der Waals surface area contributed by atoms with E-state index in [1.165, 1.54) is 6.20 Å². The molecule has 11 heteroatoms. The van der Waals surface area contributed by atoms with Gasteiger partial charge in [0, 0.05) is 36.9 Å². The summed E-state index contributed by atoms with van der Waals surface area (Å²) in [5.41, 5.74) is 2.13. The zero-order valence-electron chi connectivity index (χ0n) is 22.6. The van der Waals surface area contributed by atoms with Gasteiger partial charge in [-0.1, -0.05) is 24.3 Å². The molecule has 5 rings (SSSR count). The number of nitro groups is 1. The highest BCUT2D eigenvalue weighted by molar-refractivity contribution is 5.69. The van der Waals surface area contributed by atoms with Crippen LogP contribution in [0.15, 0.2) is 54.7 Å². The molecule has 1 fully saturated rings. The van der Waals surface area contributed by atoms with Crippen LogP contribution in [0.25, 0.3) is 11.1 Å². The Kier molecular flexibility index (Phi) is 6.83. The Labute approximate surface area is 227 Å². The van der Waals surface area contributed by atoms with Crippen molar-refractivity contribution in [3.63, 3.8) is 0 Å². The van der Waals surface area contributed by atoms with Crippen molar-refractivity contribution in [3.05, 3.63) is 64.8 Å². The van der Waals surface area contributed by atoms with E-state index in [2.05, 4.69) is 34.1 Å². The number of aromatic nitrogens is 2. The fourth-order valence-electron chi connectivity index (χ4n) is 4.67. The van der Waals surface area contributed by atoms with Crippen LogP contribution >= 0.6 is 0 Å². The van der Waals surface area contributed by atoms with Gasteiger partial charge < -0.3 is 34.1 Å². The van der Waals surface area contributed by atoms with Crippen LogP contribution in [0.2, 0.25) is 0 Å². The molecule has 0 bridgehead atoms. The summed E-state index contributed by atoms with van der Waals surface area (Å²) in [6, 6.07) is 16.5. The van der Waals surface area contributed by atoms with E-state index in [1.54, 1.807) is 9.47 Å². The van der Waals surface area contributed by atoms with E-state index < -0.39 is 16.1 Å². The standard InChI is InChI=1S/C28H33N5O6/c1-27(2,3)39-26(34)31-15-13-30(14-16-31)22-9-5-20(6-10-22)21-7-11-23(12-8-21)37-19-28(4)18-32-17-24(33(35)36)29-25(32)38-28/h5-12,17H,13-16,18-19H2,1-4H3/t28-/m1/s1. The molecule has 3 aromatic rings. The molecule has 0 N–H and O–H groups in total. The monoisotopic (exact) mass is 535 g/mol. The largest absolute Gasteiger partial charge is 0.489 e. The second-order valence-corrected chi connectivity index (χ2v) is 11.1. The summed E-state index contributed by atoms with van der Waals surface area (Å²) < 4.78 is 18.9. The van der Waals surface area contributed by atoms with Crippen LogP contribution < -0.4 is 14.4 Å². The van der Waals surface area contributed by atoms with Crippen molar-refractivity contribution in [2.45, 2.75) is 45.4 Å². The Morgan fingerprint density at radius 3 is 2.23 bits per heavy atom. The third-order valence-corrected chi connectivity index (χ3v) is 6.65. The molecule has 206 valence electrons. The SMILES string of the molecule is CC(C)(C)OC(=O)N1CCN(c2ccc(-c3ccc(OC[C@@]4(C)Cn5cc([N+](=O)[O-])nc5O4)cc3)cc2)CC1. The first kappa shape index (κ1) is 26.3. The van der Waals surface area contributed by atoms with Crippen LogP contribution in [0, 0.1) is 10.1 Å². The Morgan fingerprint density at radius 2 is 1.67 bits per heavy atom. The number of amides is 1. The summed E-state index contributed by atoms with van der Waals surface area (Å²) in [6.45, 7) is 11.0. The van der Waals surface area contributed by atoms with E-state index in [0.29, 0.717) is 25.4 Å². The fraction of sp³-hybridized carbons (Fsp3) is 0.429. The molecule has 0 saturated carbocycles. The zero-order valence-corrected chi connectivity index (χ0v) is 22.6. The molecule has 11 nitrogen and oxygen atoms in total. The first-order valence-corrected chi connectivity index (χ1v) is 12.9. The second-order valence-electron chi connectivity index (χ2n) is 11.1. The Bertz CT molecular complexity index is 1310. The molecule has 1 aromatic heterocycles. The van der Waals surface area contributed by atoms with Crippen molar-refractivity contribution in [2.75, 3.05) is 37.7 Å². The Balaban J connectivity index is 1.12. The maximum Gasteiger partial charge on any atom is 0.415 e. The van der Waals surface area contributed by atoms with Crippen LogP contribution in [0.3, 0.4) is 0 Å². The number of piperazine rings is 1. The molecule has 0 aliphatic carbocycles. The van der Waals surface area contributed by atoms with Crippen molar-refractivity contribution in [1.82, 2.24) is 14.5 Å². The summed E-state index contributed by atoms with van der Waals surface area (Å²) in [5, 5.41) is 10.9. The van der Waals surface area contributed by atoms with Gasteiger partial charge >= 0.3 is 17.9 Å². The van der Waals surface area contributed by atoms with E-state index in [4.69, 9.17) is 14.2 Å². The van der Waals surface area contributed by atoms with E-state index in [9.17, 15) is 14.9 Å². The van der Waals surface area contributed by atoms with E-state index in [0.717, 1.165) is 29.9 Å². The van der Waals surface area contributed by atoms with Gasteiger partial charge in [-0.3, -0.25) is 4.57 Å². The molecule has 1 atom stereocenters. The lowest BCUT2D eigenvalue weighted by Gasteiger charge is -2.36. The molecule has 3 heterocycles. The van der Waals surface area contributed by atoms with Gasteiger partial charge in [-0.2, -0.15) is 0 Å². The molecular weight excluding hydrogens is 502 g/mol. The predicted molar refractivity (Wildman–Crippen MR) is 145 cm³/mol. The van der Waals surface area contributed by atoms with Gasteiger partial charge in [0.2, 0.25) is 0 Å². The molecule has 0 spiro atoms. The van der Waals surface area contributed by atoms with Crippen LogP contribution in [-0.4, -0.2) is 69.5 Å². The van der Waals surface area contributed by atoms with Crippen LogP contribution in [0.1, 0.15) is 27.7 Å². The number of fused-ring (bicyclic) bond motifs is 1. The molecule has 1 saturated heterocycles. The molecule has 2 aliphatic rings. The molecule has 39 heavy (non-hydrogen) atoms. The Morgan fingerprint density at radius 1 is 1.05 bits per heavy atom. The molecule has 2 aromatic carbocycles. The Hall–Kier alpha value is -4.28. The lowest BCUT2D eigenvalue weighted by molar-refractivity contribution is -0.389. The normalized spacial score (nSPS) is 18.9. The zero-order chi connectivity index (χ0) is 27.8. The maximum atomic E-state index is 12.3. The highest BCUT2D eigenvalue weighted by Gasteiger charge is 2.41. The predicted octanol–water partition coefficient (Wildman–Crippen LogP) is 4.75. The fourth-order valence-corrected chi connectivity index (χ4v) is 4.67. The maximum absolute atomic E-state index is 12.3. The van der Waals surface area contributed by atoms with E-state index in [-0.39, 0.29) is 24.5 Å². The van der Waals surface area contributed by atoms with Gasteiger partial charge in [0.25, 0.3) is 0 Å². The minimum atomic E-state index is -0.662.